The van der Waals surface area contributed by atoms with Crippen molar-refractivity contribution in [2.24, 2.45) is 0 Å². The van der Waals surface area contributed by atoms with E-state index < -0.39 is 0 Å². The molecule has 1 aliphatic heterocycles. The van der Waals surface area contributed by atoms with E-state index in [9.17, 15) is 0 Å². The Kier molecular flexibility index (Phi) is 0.895. The Bertz CT molecular complexity index is 101. The second-order valence-electron chi connectivity index (χ2n) is 1.68. The van der Waals surface area contributed by atoms with Gasteiger partial charge in [0.15, 0.2) is 0 Å². The van der Waals surface area contributed by atoms with Crippen molar-refractivity contribution in [2.45, 2.75) is 0 Å². The molecule has 0 aromatic heterocycles. The number of hydrogen-bond acceptors (Lipinski definition) is 1. The first-order chi connectivity index (χ1) is 3.34. The summed E-state index contributed by atoms with van der Waals surface area (Å²) in [5.41, 5.74) is 1.06. The summed E-state index contributed by atoms with van der Waals surface area (Å²) in [6, 6.07) is 0. The van der Waals surface area contributed by atoms with Crippen LogP contribution in [0.25, 0.3) is 0 Å². The molecule has 0 unspecified atom stereocenters. The molecule has 1 fully saturated rings. The summed E-state index contributed by atoms with van der Waals surface area (Å²) in [7, 11) is 0. The fourth-order valence-corrected chi connectivity index (χ4v) is 0.466. The van der Waals surface area contributed by atoms with Gasteiger partial charge in [-0.05, 0) is 6.08 Å². The zero-order chi connectivity index (χ0) is 5.28. The first kappa shape index (κ1) is 4.44. The monoisotopic (exact) mass is 95.1 g/mol. The minimum atomic E-state index is 1.06. The van der Waals surface area contributed by atoms with Gasteiger partial charge in [0.2, 0.25) is 0 Å². The van der Waals surface area contributed by atoms with Crippen LogP contribution in [0.2, 0.25) is 0 Å². The second-order valence-corrected chi connectivity index (χ2v) is 1.68. The van der Waals surface area contributed by atoms with Gasteiger partial charge < -0.3 is 4.90 Å². The zero-order valence-electron chi connectivity index (χ0n) is 4.35. The molecule has 0 atom stereocenters. The van der Waals surface area contributed by atoms with Crippen LogP contribution >= 0.6 is 0 Å². The van der Waals surface area contributed by atoms with Crippen molar-refractivity contribution >= 4 is 0 Å². The van der Waals surface area contributed by atoms with Crippen molar-refractivity contribution in [3.63, 3.8) is 0 Å². The molecule has 0 bridgehead atoms. The third kappa shape index (κ3) is 0.829. The van der Waals surface area contributed by atoms with Gasteiger partial charge in [0, 0.05) is 18.8 Å². The molecule has 0 aromatic carbocycles. The van der Waals surface area contributed by atoms with Gasteiger partial charge in [0.1, 0.15) is 0 Å². The SMILES string of the molecule is C=CC(=C)N1CC1. The summed E-state index contributed by atoms with van der Waals surface area (Å²) in [6.07, 6.45) is 1.78. The van der Waals surface area contributed by atoms with E-state index in [-0.39, 0.29) is 0 Å². The smallest absolute Gasteiger partial charge is 0.0354 e. The number of rotatable bonds is 2. The van der Waals surface area contributed by atoms with Gasteiger partial charge >= 0.3 is 0 Å². The lowest BCUT2D eigenvalue weighted by Crippen LogP contribution is -1.88. The highest BCUT2D eigenvalue weighted by atomic mass is 15.3. The van der Waals surface area contributed by atoms with E-state index >= 15 is 0 Å². The molecule has 1 heterocycles. The lowest BCUT2D eigenvalue weighted by molar-refractivity contribution is 0.728. The van der Waals surface area contributed by atoms with Crippen LogP contribution in [-0.2, 0) is 0 Å². The maximum atomic E-state index is 3.74. The van der Waals surface area contributed by atoms with Gasteiger partial charge in [-0.2, -0.15) is 0 Å². The topological polar surface area (TPSA) is 3.01 Å². The normalized spacial score (nSPS) is 16.3. The van der Waals surface area contributed by atoms with Crippen LogP contribution < -0.4 is 0 Å². The lowest BCUT2D eigenvalue weighted by Gasteiger charge is -1.95. The summed E-state index contributed by atoms with van der Waals surface area (Å²) >= 11 is 0. The maximum absolute atomic E-state index is 3.74. The Labute approximate surface area is 43.9 Å². The molecule has 0 aromatic rings. The molecule has 1 aliphatic rings. The second kappa shape index (κ2) is 1.41. The van der Waals surface area contributed by atoms with Crippen LogP contribution in [0.15, 0.2) is 24.9 Å². The van der Waals surface area contributed by atoms with Crippen molar-refractivity contribution in [3.8, 4) is 0 Å². The molecule has 0 radical (unpaired) electrons. The highest BCUT2D eigenvalue weighted by Crippen LogP contribution is 2.11. The van der Waals surface area contributed by atoms with Crippen LogP contribution in [-0.4, -0.2) is 18.0 Å². The van der Waals surface area contributed by atoms with Gasteiger partial charge in [-0.1, -0.05) is 13.2 Å². The number of nitrogens with zero attached hydrogens (tertiary/aromatic N) is 1. The van der Waals surface area contributed by atoms with E-state index in [0.29, 0.717) is 0 Å². The maximum Gasteiger partial charge on any atom is 0.0354 e. The van der Waals surface area contributed by atoms with Gasteiger partial charge in [-0.15, -0.1) is 0 Å². The van der Waals surface area contributed by atoms with E-state index in [0.717, 1.165) is 5.70 Å². The zero-order valence-corrected chi connectivity index (χ0v) is 4.35. The quantitative estimate of drug-likeness (QED) is 0.365. The first-order valence-electron chi connectivity index (χ1n) is 2.41. The van der Waals surface area contributed by atoms with Crippen LogP contribution in [0.3, 0.4) is 0 Å². The van der Waals surface area contributed by atoms with Crippen LogP contribution in [0.1, 0.15) is 0 Å². The predicted octanol–water partition coefficient (Wildman–Crippen LogP) is 1.00. The summed E-state index contributed by atoms with van der Waals surface area (Å²) in [6.45, 7) is 9.67. The van der Waals surface area contributed by atoms with Gasteiger partial charge in [-0.25, -0.2) is 0 Å². The average Bonchev–Trinajstić information content (AvgIpc) is 2.44. The Balaban J connectivity index is 2.37. The highest BCUT2D eigenvalue weighted by molar-refractivity contribution is 5.13. The minimum absolute atomic E-state index is 1.06. The largest absolute Gasteiger partial charge is 0.368 e. The van der Waals surface area contributed by atoms with Gasteiger partial charge in [0.05, 0.1) is 0 Å². The fourth-order valence-electron chi connectivity index (χ4n) is 0.466. The molecule has 0 saturated carbocycles. The first-order valence-corrected chi connectivity index (χ1v) is 2.41. The molecule has 38 valence electrons. The van der Waals surface area contributed by atoms with Crippen molar-refractivity contribution < 1.29 is 0 Å². The molecule has 0 spiro atoms. The van der Waals surface area contributed by atoms with Crippen LogP contribution in [0, 0.1) is 0 Å². The third-order valence-electron chi connectivity index (χ3n) is 1.09. The van der Waals surface area contributed by atoms with Crippen molar-refractivity contribution in [3.05, 3.63) is 24.9 Å². The van der Waals surface area contributed by atoms with E-state index in [1.165, 1.54) is 13.1 Å². The van der Waals surface area contributed by atoms with E-state index in [1.807, 2.05) is 0 Å². The van der Waals surface area contributed by atoms with Crippen LogP contribution in [0.4, 0.5) is 0 Å². The Morgan fingerprint density at radius 1 is 1.57 bits per heavy atom. The summed E-state index contributed by atoms with van der Waals surface area (Å²) in [5.74, 6) is 0. The Hall–Kier alpha value is -0.720. The van der Waals surface area contributed by atoms with Crippen molar-refractivity contribution in [2.75, 3.05) is 13.1 Å². The molecule has 0 amide bonds. The molecular weight excluding hydrogens is 86.1 g/mol. The molecule has 1 rings (SSSR count). The third-order valence-corrected chi connectivity index (χ3v) is 1.09. The molecule has 1 heteroatoms. The molecule has 0 aliphatic carbocycles. The molecule has 1 saturated heterocycles. The molecule has 7 heavy (non-hydrogen) atoms. The molecule has 0 N–H and O–H groups in total. The number of hydrogen-bond donors (Lipinski definition) is 0. The Morgan fingerprint density at radius 3 is 2.29 bits per heavy atom. The van der Waals surface area contributed by atoms with Crippen LogP contribution in [0.5, 0.6) is 0 Å². The lowest BCUT2D eigenvalue weighted by atomic mass is 10.5. The summed E-state index contributed by atoms with van der Waals surface area (Å²) in [5, 5.41) is 0. The van der Waals surface area contributed by atoms with E-state index in [2.05, 4.69) is 18.1 Å². The average molecular weight is 95.1 g/mol. The molecular formula is C6H9N. The van der Waals surface area contributed by atoms with E-state index in [4.69, 9.17) is 0 Å². The van der Waals surface area contributed by atoms with Crippen molar-refractivity contribution in [1.29, 1.82) is 0 Å². The number of allylic oxidation sites excluding steroid dienone is 1. The minimum Gasteiger partial charge on any atom is -0.368 e. The van der Waals surface area contributed by atoms with Gasteiger partial charge in [-0.3, -0.25) is 0 Å². The van der Waals surface area contributed by atoms with Gasteiger partial charge in [0.25, 0.3) is 0 Å². The summed E-state index contributed by atoms with van der Waals surface area (Å²) in [4.78, 5) is 2.16. The predicted molar refractivity (Wildman–Crippen MR) is 30.9 cm³/mol. The highest BCUT2D eigenvalue weighted by Gasteiger charge is 2.15. The fraction of sp³-hybridized carbons (Fsp3) is 0.333. The molecule has 1 nitrogen and oxygen atoms in total. The van der Waals surface area contributed by atoms with E-state index in [1.54, 1.807) is 6.08 Å². The standard InChI is InChI=1S/C6H9N/c1-3-6(2)7-4-5-7/h3H,1-2,4-5H2. The van der Waals surface area contributed by atoms with Crippen molar-refractivity contribution in [1.82, 2.24) is 4.90 Å². The Morgan fingerprint density at radius 2 is 2.14 bits per heavy atom. The summed E-state index contributed by atoms with van der Waals surface area (Å²) < 4.78 is 0.